The molecule has 0 radical (unpaired) electrons. The van der Waals surface area contributed by atoms with E-state index in [9.17, 15) is 9.90 Å². The second kappa shape index (κ2) is 5.57. The van der Waals surface area contributed by atoms with Gasteiger partial charge in [-0.2, -0.15) is 5.26 Å². The summed E-state index contributed by atoms with van der Waals surface area (Å²) in [5.41, 5.74) is 0.440. The van der Waals surface area contributed by atoms with E-state index in [4.69, 9.17) is 5.26 Å². The molecule has 1 unspecified atom stereocenters. The van der Waals surface area contributed by atoms with Gasteiger partial charge in [0.1, 0.15) is 11.8 Å². The summed E-state index contributed by atoms with van der Waals surface area (Å²) < 4.78 is 0.708. The molecule has 1 saturated heterocycles. The first-order valence-electron chi connectivity index (χ1n) is 5.82. The highest BCUT2D eigenvalue weighted by molar-refractivity contribution is 14.1. The molecule has 0 spiro atoms. The predicted molar refractivity (Wildman–Crippen MR) is 75.1 cm³/mol. The molecule has 0 saturated carbocycles. The van der Waals surface area contributed by atoms with Crippen LogP contribution in [0.3, 0.4) is 0 Å². The van der Waals surface area contributed by atoms with Crippen LogP contribution in [0, 0.1) is 14.9 Å². The summed E-state index contributed by atoms with van der Waals surface area (Å²) in [6.07, 6.45) is 2.65. The predicted octanol–water partition coefficient (Wildman–Crippen LogP) is 2.52. The lowest BCUT2D eigenvalue weighted by atomic mass is 10.0. The number of halogens is 1. The van der Waals surface area contributed by atoms with Gasteiger partial charge in [0.2, 0.25) is 0 Å². The molecule has 2 rings (SSSR count). The molecule has 1 fully saturated rings. The molecule has 1 aliphatic rings. The quantitative estimate of drug-likeness (QED) is 0.787. The van der Waals surface area contributed by atoms with Gasteiger partial charge in [-0.1, -0.05) is 0 Å². The third-order valence-corrected chi connectivity index (χ3v) is 4.02. The number of amides is 1. The number of phenolic OH excluding ortho intramolecular Hbond substituents is 1. The Kier molecular flexibility index (Phi) is 4.07. The summed E-state index contributed by atoms with van der Waals surface area (Å²) in [4.78, 5) is 13.9. The fraction of sp³-hybridized carbons (Fsp3) is 0.385. The van der Waals surface area contributed by atoms with Gasteiger partial charge in [-0.3, -0.25) is 4.79 Å². The Morgan fingerprint density at radius 3 is 2.94 bits per heavy atom. The number of phenols is 1. The van der Waals surface area contributed by atoms with E-state index in [0.29, 0.717) is 15.7 Å². The van der Waals surface area contributed by atoms with Crippen LogP contribution in [0.1, 0.15) is 29.6 Å². The van der Waals surface area contributed by atoms with E-state index in [1.54, 1.807) is 17.0 Å². The smallest absolute Gasteiger partial charge is 0.255 e. The highest BCUT2D eigenvalue weighted by atomic mass is 127. The first kappa shape index (κ1) is 13.1. The molecule has 4 nitrogen and oxygen atoms in total. The number of hydrogen-bond acceptors (Lipinski definition) is 3. The third kappa shape index (κ3) is 2.58. The fourth-order valence-corrected chi connectivity index (χ4v) is 2.46. The number of rotatable bonds is 1. The Hall–Kier alpha value is -1.29. The number of nitrogens with zero attached hydrogens (tertiary/aromatic N) is 2. The Labute approximate surface area is 119 Å². The van der Waals surface area contributed by atoms with Crippen LogP contribution in [-0.2, 0) is 0 Å². The molecule has 1 aromatic rings. The Bertz CT molecular complexity index is 510. The van der Waals surface area contributed by atoms with Gasteiger partial charge in [0.25, 0.3) is 5.91 Å². The molecule has 5 heteroatoms. The summed E-state index contributed by atoms with van der Waals surface area (Å²) in [6.45, 7) is 0.615. The molecule has 18 heavy (non-hydrogen) atoms. The molecule has 0 bridgehead atoms. The van der Waals surface area contributed by atoms with E-state index in [2.05, 4.69) is 6.07 Å². The molecular weight excluding hydrogens is 343 g/mol. The number of aromatic hydroxyl groups is 1. The van der Waals surface area contributed by atoms with E-state index in [-0.39, 0.29) is 17.7 Å². The summed E-state index contributed by atoms with van der Waals surface area (Å²) in [6, 6.07) is 6.69. The minimum Gasteiger partial charge on any atom is -0.507 e. The van der Waals surface area contributed by atoms with E-state index in [1.165, 1.54) is 6.07 Å². The molecular formula is C13H13IN2O2. The van der Waals surface area contributed by atoms with Gasteiger partial charge in [-0.05, 0) is 60.1 Å². The van der Waals surface area contributed by atoms with Crippen LogP contribution in [0.5, 0.6) is 5.75 Å². The van der Waals surface area contributed by atoms with Crippen molar-refractivity contribution in [3.63, 3.8) is 0 Å². The highest BCUT2D eigenvalue weighted by Crippen LogP contribution is 2.24. The van der Waals surface area contributed by atoms with Crippen LogP contribution in [0.25, 0.3) is 0 Å². The van der Waals surface area contributed by atoms with Crippen molar-refractivity contribution >= 4 is 28.5 Å². The Morgan fingerprint density at radius 1 is 1.50 bits per heavy atom. The number of carbonyl (C=O) groups is 1. The molecule has 1 aliphatic heterocycles. The number of carbonyl (C=O) groups excluding carboxylic acids is 1. The molecule has 94 valence electrons. The van der Waals surface area contributed by atoms with E-state index in [0.717, 1.165) is 19.3 Å². The monoisotopic (exact) mass is 356 g/mol. The summed E-state index contributed by atoms with van der Waals surface area (Å²) in [7, 11) is 0. The fourth-order valence-electron chi connectivity index (χ4n) is 2.12. The van der Waals surface area contributed by atoms with Crippen molar-refractivity contribution in [3.05, 3.63) is 27.3 Å². The van der Waals surface area contributed by atoms with Crippen molar-refractivity contribution in [2.24, 2.45) is 0 Å². The normalized spacial score (nSPS) is 19.3. The molecule has 1 amide bonds. The van der Waals surface area contributed by atoms with Crippen LogP contribution < -0.4 is 0 Å². The summed E-state index contributed by atoms with van der Waals surface area (Å²) in [5, 5.41) is 18.7. The molecule has 1 aromatic carbocycles. The molecule has 0 aliphatic carbocycles. The highest BCUT2D eigenvalue weighted by Gasteiger charge is 2.27. The zero-order chi connectivity index (χ0) is 13.1. The summed E-state index contributed by atoms with van der Waals surface area (Å²) >= 11 is 2.00. The SMILES string of the molecule is N#CC1CCCCN1C(=O)c1ccc(I)c(O)c1. The van der Waals surface area contributed by atoms with Crippen LogP contribution in [0.2, 0.25) is 0 Å². The van der Waals surface area contributed by atoms with Crippen molar-refractivity contribution in [2.75, 3.05) is 6.54 Å². The van der Waals surface area contributed by atoms with Gasteiger partial charge in [-0.15, -0.1) is 0 Å². The topological polar surface area (TPSA) is 64.3 Å². The van der Waals surface area contributed by atoms with E-state index >= 15 is 0 Å². The van der Waals surface area contributed by atoms with E-state index < -0.39 is 0 Å². The lowest BCUT2D eigenvalue weighted by molar-refractivity contribution is 0.0670. The average molecular weight is 356 g/mol. The number of likely N-dealkylation sites (tertiary alicyclic amines) is 1. The first-order chi connectivity index (χ1) is 8.63. The Morgan fingerprint density at radius 2 is 2.28 bits per heavy atom. The lowest BCUT2D eigenvalue weighted by Crippen LogP contribution is -2.42. The molecule has 0 aromatic heterocycles. The lowest BCUT2D eigenvalue weighted by Gasteiger charge is -2.31. The summed E-state index contributed by atoms with van der Waals surface area (Å²) in [5.74, 6) is -0.0695. The van der Waals surface area contributed by atoms with Crippen molar-refractivity contribution in [1.82, 2.24) is 4.90 Å². The van der Waals surface area contributed by atoms with Crippen LogP contribution in [0.4, 0.5) is 0 Å². The second-order valence-corrected chi connectivity index (χ2v) is 5.47. The third-order valence-electron chi connectivity index (χ3n) is 3.11. The number of nitriles is 1. The van der Waals surface area contributed by atoms with Gasteiger partial charge in [0.05, 0.1) is 9.64 Å². The first-order valence-corrected chi connectivity index (χ1v) is 6.90. The Balaban J connectivity index is 2.24. The minimum absolute atomic E-state index is 0.104. The van der Waals surface area contributed by atoms with Crippen molar-refractivity contribution < 1.29 is 9.90 Å². The maximum atomic E-state index is 12.3. The maximum Gasteiger partial charge on any atom is 0.255 e. The molecule has 1 N–H and O–H groups in total. The zero-order valence-electron chi connectivity index (χ0n) is 9.77. The number of piperidine rings is 1. The van der Waals surface area contributed by atoms with Gasteiger partial charge in [0, 0.05) is 12.1 Å². The number of hydrogen-bond donors (Lipinski definition) is 1. The van der Waals surface area contributed by atoms with Crippen LogP contribution >= 0.6 is 22.6 Å². The van der Waals surface area contributed by atoms with Gasteiger partial charge in [-0.25, -0.2) is 0 Å². The second-order valence-electron chi connectivity index (χ2n) is 4.31. The largest absolute Gasteiger partial charge is 0.507 e. The number of benzene rings is 1. The van der Waals surface area contributed by atoms with E-state index in [1.807, 2.05) is 22.6 Å². The van der Waals surface area contributed by atoms with Gasteiger partial charge in [0.15, 0.2) is 0 Å². The van der Waals surface area contributed by atoms with Gasteiger partial charge < -0.3 is 10.0 Å². The molecule has 1 heterocycles. The zero-order valence-corrected chi connectivity index (χ0v) is 11.9. The van der Waals surface area contributed by atoms with Crippen molar-refractivity contribution in [3.8, 4) is 11.8 Å². The van der Waals surface area contributed by atoms with Crippen molar-refractivity contribution in [2.45, 2.75) is 25.3 Å². The van der Waals surface area contributed by atoms with Crippen LogP contribution in [0.15, 0.2) is 18.2 Å². The standard InChI is InChI=1S/C13H13IN2O2/c14-11-5-4-9(7-12(11)17)13(18)16-6-2-1-3-10(16)8-15/h4-5,7,10,17H,1-3,6H2. The minimum atomic E-state index is -0.340. The van der Waals surface area contributed by atoms with Gasteiger partial charge >= 0.3 is 0 Å². The van der Waals surface area contributed by atoms with Crippen molar-refractivity contribution in [1.29, 1.82) is 5.26 Å². The van der Waals surface area contributed by atoms with Crippen LogP contribution in [-0.4, -0.2) is 28.5 Å². The molecule has 1 atom stereocenters. The average Bonchev–Trinajstić information content (AvgIpc) is 2.41. The maximum absolute atomic E-state index is 12.3.